The molecule has 0 aliphatic carbocycles. The highest BCUT2D eigenvalue weighted by Gasteiger charge is 2.01. The lowest BCUT2D eigenvalue weighted by molar-refractivity contribution is 0.291. The number of ether oxygens (including phenoxy) is 1. The van der Waals surface area contributed by atoms with Gasteiger partial charge in [-0.3, -0.25) is 4.68 Å². The van der Waals surface area contributed by atoms with Crippen LogP contribution in [0.1, 0.15) is 11.4 Å². The van der Waals surface area contributed by atoms with Gasteiger partial charge < -0.3 is 14.6 Å². The van der Waals surface area contributed by atoms with Crippen LogP contribution in [0.4, 0.5) is 0 Å². The largest absolute Gasteiger partial charge is 0.486 e. The van der Waals surface area contributed by atoms with Crippen molar-refractivity contribution in [2.24, 2.45) is 7.05 Å². The zero-order valence-corrected chi connectivity index (χ0v) is 13.2. The van der Waals surface area contributed by atoms with Crippen LogP contribution in [0.15, 0.2) is 55.1 Å². The predicted molar refractivity (Wildman–Crippen MR) is 87.9 cm³/mol. The molecule has 0 fully saturated rings. The van der Waals surface area contributed by atoms with Crippen molar-refractivity contribution in [3.63, 3.8) is 0 Å². The first-order valence-corrected chi connectivity index (χ1v) is 7.67. The number of hydrogen-bond acceptors (Lipinski definition) is 4. The van der Waals surface area contributed by atoms with Crippen LogP contribution in [0.5, 0.6) is 5.75 Å². The van der Waals surface area contributed by atoms with Gasteiger partial charge in [-0.25, -0.2) is 4.98 Å². The molecule has 3 aromatic rings. The molecule has 0 bridgehead atoms. The molecule has 0 saturated carbocycles. The molecule has 0 spiro atoms. The van der Waals surface area contributed by atoms with E-state index in [1.165, 1.54) is 5.56 Å². The second kappa shape index (κ2) is 7.60. The highest BCUT2D eigenvalue weighted by Crippen LogP contribution is 2.13. The third-order valence-electron chi connectivity index (χ3n) is 3.62. The van der Waals surface area contributed by atoms with Crippen molar-refractivity contribution >= 4 is 0 Å². The van der Waals surface area contributed by atoms with E-state index in [0.29, 0.717) is 6.61 Å². The van der Waals surface area contributed by atoms with Crippen LogP contribution in [0.25, 0.3) is 0 Å². The highest BCUT2D eigenvalue weighted by molar-refractivity contribution is 5.27. The average molecular weight is 311 g/mol. The van der Waals surface area contributed by atoms with Crippen LogP contribution in [0.3, 0.4) is 0 Å². The Hall–Kier alpha value is -2.60. The van der Waals surface area contributed by atoms with E-state index in [1.54, 1.807) is 12.4 Å². The van der Waals surface area contributed by atoms with Crippen LogP contribution >= 0.6 is 0 Å². The minimum atomic E-state index is 0.477. The number of nitrogens with one attached hydrogen (secondary N) is 1. The Labute approximate surface area is 135 Å². The van der Waals surface area contributed by atoms with Gasteiger partial charge in [0, 0.05) is 44.9 Å². The van der Waals surface area contributed by atoms with Gasteiger partial charge >= 0.3 is 0 Å². The Bertz CT molecular complexity index is 703. The van der Waals surface area contributed by atoms with Gasteiger partial charge in [0.1, 0.15) is 18.2 Å². The summed E-state index contributed by atoms with van der Waals surface area (Å²) < 4.78 is 9.62. The second-order valence-corrected chi connectivity index (χ2v) is 5.33. The maximum atomic E-state index is 5.75. The van der Waals surface area contributed by atoms with Gasteiger partial charge in [0.15, 0.2) is 0 Å². The highest BCUT2D eigenvalue weighted by atomic mass is 16.5. The molecule has 23 heavy (non-hydrogen) atoms. The van der Waals surface area contributed by atoms with Crippen molar-refractivity contribution in [2.75, 3.05) is 6.54 Å². The molecule has 0 amide bonds. The number of aromatic nitrogens is 4. The molecule has 6 nitrogen and oxygen atoms in total. The Morgan fingerprint density at radius 2 is 2.00 bits per heavy atom. The van der Waals surface area contributed by atoms with Gasteiger partial charge in [0.2, 0.25) is 0 Å². The van der Waals surface area contributed by atoms with Gasteiger partial charge in [0.25, 0.3) is 0 Å². The molecule has 1 aromatic carbocycles. The van der Waals surface area contributed by atoms with E-state index in [2.05, 4.69) is 27.5 Å². The summed E-state index contributed by atoms with van der Waals surface area (Å²) in [6.07, 6.45) is 7.45. The summed E-state index contributed by atoms with van der Waals surface area (Å²) in [6, 6.07) is 10.1. The molecule has 0 unspecified atom stereocenters. The molecule has 2 heterocycles. The molecule has 6 heteroatoms. The van der Waals surface area contributed by atoms with Crippen LogP contribution in [-0.2, 0) is 26.7 Å². The number of rotatable bonds is 8. The van der Waals surface area contributed by atoms with Crippen molar-refractivity contribution in [3.8, 4) is 5.75 Å². The van der Waals surface area contributed by atoms with Gasteiger partial charge in [-0.1, -0.05) is 12.1 Å². The third-order valence-corrected chi connectivity index (χ3v) is 3.62. The number of imidazole rings is 1. The molecule has 3 rings (SSSR count). The number of nitrogens with zero attached hydrogens (tertiary/aromatic N) is 4. The first kappa shape index (κ1) is 15.3. The summed E-state index contributed by atoms with van der Waals surface area (Å²) in [5.41, 5.74) is 1.23. The fraction of sp³-hybridized carbons (Fsp3) is 0.294. The zero-order valence-electron chi connectivity index (χ0n) is 13.2. The maximum absolute atomic E-state index is 5.75. The lowest BCUT2D eigenvalue weighted by Gasteiger charge is -2.08. The number of benzene rings is 1. The molecule has 120 valence electrons. The predicted octanol–water partition coefficient (Wildman–Crippen LogP) is 1.99. The molecule has 0 saturated heterocycles. The monoisotopic (exact) mass is 311 g/mol. The van der Waals surface area contributed by atoms with Gasteiger partial charge in [0.05, 0.1) is 6.54 Å². The van der Waals surface area contributed by atoms with Crippen molar-refractivity contribution in [2.45, 2.75) is 19.7 Å². The molecule has 0 aliphatic rings. The van der Waals surface area contributed by atoms with Crippen LogP contribution in [0, 0.1) is 0 Å². The third kappa shape index (κ3) is 4.43. The smallest absolute Gasteiger partial charge is 0.146 e. The van der Waals surface area contributed by atoms with E-state index in [0.717, 1.165) is 31.2 Å². The Balaban J connectivity index is 1.41. The normalized spacial score (nSPS) is 10.8. The van der Waals surface area contributed by atoms with Crippen molar-refractivity contribution in [3.05, 3.63) is 66.5 Å². The summed E-state index contributed by atoms with van der Waals surface area (Å²) in [4.78, 5) is 4.24. The molecule has 0 aliphatic heterocycles. The van der Waals surface area contributed by atoms with Crippen molar-refractivity contribution in [1.29, 1.82) is 0 Å². The minimum absolute atomic E-state index is 0.477. The molecule has 2 aromatic heterocycles. The number of hydrogen-bond donors (Lipinski definition) is 1. The molecule has 0 atom stereocenters. The van der Waals surface area contributed by atoms with Gasteiger partial charge in [-0.05, 0) is 23.8 Å². The maximum Gasteiger partial charge on any atom is 0.146 e. The Kier molecular flexibility index (Phi) is 5.06. The summed E-state index contributed by atoms with van der Waals surface area (Å²) in [7, 11) is 1.96. The number of aryl methyl sites for hydroxylation is 1. The lowest BCUT2D eigenvalue weighted by Crippen LogP contribution is -2.19. The van der Waals surface area contributed by atoms with Gasteiger partial charge in [-0.2, -0.15) is 5.10 Å². The van der Waals surface area contributed by atoms with Crippen molar-refractivity contribution in [1.82, 2.24) is 24.6 Å². The van der Waals surface area contributed by atoms with Crippen molar-refractivity contribution < 1.29 is 4.74 Å². The Morgan fingerprint density at radius 1 is 1.13 bits per heavy atom. The zero-order chi connectivity index (χ0) is 15.9. The topological polar surface area (TPSA) is 56.9 Å². The summed E-state index contributed by atoms with van der Waals surface area (Å²) in [5.74, 6) is 1.77. The van der Waals surface area contributed by atoms with Gasteiger partial charge in [-0.15, -0.1) is 0 Å². The fourth-order valence-electron chi connectivity index (χ4n) is 2.25. The van der Waals surface area contributed by atoms with Crippen LogP contribution in [-0.4, -0.2) is 25.9 Å². The SMILES string of the molecule is Cn1ccnc1COc1ccc(CNCCn2cccn2)cc1. The molecule has 1 N–H and O–H groups in total. The average Bonchev–Trinajstić information content (AvgIpc) is 3.22. The van der Waals surface area contributed by atoms with Crippen LogP contribution in [0.2, 0.25) is 0 Å². The minimum Gasteiger partial charge on any atom is -0.486 e. The fourth-order valence-corrected chi connectivity index (χ4v) is 2.25. The second-order valence-electron chi connectivity index (χ2n) is 5.33. The van der Waals surface area contributed by atoms with E-state index in [4.69, 9.17) is 4.74 Å². The van der Waals surface area contributed by atoms with E-state index in [9.17, 15) is 0 Å². The quantitative estimate of drug-likeness (QED) is 0.646. The van der Waals surface area contributed by atoms with E-state index in [1.807, 2.05) is 46.9 Å². The Morgan fingerprint density at radius 3 is 2.70 bits per heavy atom. The molecule has 0 radical (unpaired) electrons. The standard InChI is InChI=1S/C17H21N5O/c1-21-11-9-19-17(21)14-23-16-5-3-15(4-6-16)13-18-8-12-22-10-2-7-20-22/h2-7,9-11,18H,8,12-14H2,1H3. The first-order valence-electron chi connectivity index (χ1n) is 7.67. The molecular weight excluding hydrogens is 290 g/mol. The summed E-state index contributed by atoms with van der Waals surface area (Å²) >= 11 is 0. The first-order chi connectivity index (χ1) is 11.3. The van der Waals surface area contributed by atoms with E-state index in [-0.39, 0.29) is 0 Å². The summed E-state index contributed by atoms with van der Waals surface area (Å²) in [6.45, 7) is 3.07. The molecular formula is C17H21N5O. The van der Waals surface area contributed by atoms with Crippen LogP contribution < -0.4 is 10.1 Å². The van der Waals surface area contributed by atoms with E-state index < -0.39 is 0 Å². The summed E-state index contributed by atoms with van der Waals surface area (Å²) in [5, 5.41) is 7.58. The van der Waals surface area contributed by atoms with E-state index >= 15 is 0 Å². The lowest BCUT2D eigenvalue weighted by atomic mass is 10.2.